The third-order valence-corrected chi connectivity index (χ3v) is 3.41. The normalized spacial score (nSPS) is 15.7. The van der Waals surface area contributed by atoms with Gasteiger partial charge in [-0.15, -0.1) is 0 Å². The lowest BCUT2D eigenvalue weighted by atomic mass is 10.0. The van der Waals surface area contributed by atoms with Crippen LogP contribution in [0.2, 0.25) is 0 Å². The van der Waals surface area contributed by atoms with Crippen LogP contribution in [0.3, 0.4) is 0 Å². The zero-order chi connectivity index (χ0) is 13.4. The molecule has 1 aliphatic rings. The van der Waals surface area contributed by atoms with Gasteiger partial charge in [0.25, 0.3) is 0 Å². The molecule has 1 aliphatic carbocycles. The van der Waals surface area contributed by atoms with Crippen LogP contribution in [0.25, 0.3) is 0 Å². The summed E-state index contributed by atoms with van der Waals surface area (Å²) in [5.74, 6) is 0.335. The molecule has 0 spiro atoms. The Morgan fingerprint density at radius 3 is 2.44 bits per heavy atom. The predicted molar refractivity (Wildman–Crippen MR) is 70.1 cm³/mol. The minimum Gasteiger partial charge on any atom is -0.465 e. The van der Waals surface area contributed by atoms with Crippen molar-refractivity contribution in [2.24, 2.45) is 5.92 Å². The molecule has 104 valence electrons. The van der Waals surface area contributed by atoms with Crippen molar-refractivity contribution in [1.82, 2.24) is 4.90 Å². The molecule has 0 unspecified atom stereocenters. The molecule has 1 saturated carbocycles. The highest BCUT2D eigenvalue weighted by Gasteiger charge is 2.23. The first kappa shape index (κ1) is 15.0. The van der Waals surface area contributed by atoms with Gasteiger partial charge in [0.1, 0.15) is 6.54 Å². The Morgan fingerprint density at radius 1 is 1.22 bits per heavy atom. The smallest absolute Gasteiger partial charge is 0.325 e. The summed E-state index contributed by atoms with van der Waals surface area (Å²) in [6.45, 7) is 4.91. The molecule has 0 aromatic rings. The maximum atomic E-state index is 12.1. The summed E-state index contributed by atoms with van der Waals surface area (Å²) in [5, 5.41) is 0. The minimum atomic E-state index is -0.300. The van der Waals surface area contributed by atoms with E-state index in [1.54, 1.807) is 11.8 Å². The predicted octanol–water partition coefficient (Wildman–Crippen LogP) is 2.37. The Kier molecular flexibility index (Phi) is 6.76. The summed E-state index contributed by atoms with van der Waals surface area (Å²) in [4.78, 5) is 25.2. The SMILES string of the molecule is CCCN(CC(=O)OCC)C(=O)CC1CCCC1. The summed E-state index contributed by atoms with van der Waals surface area (Å²) in [5.41, 5.74) is 0. The lowest BCUT2D eigenvalue weighted by Crippen LogP contribution is -2.37. The van der Waals surface area contributed by atoms with Gasteiger partial charge in [0, 0.05) is 13.0 Å². The highest BCUT2D eigenvalue weighted by atomic mass is 16.5. The molecule has 4 nitrogen and oxygen atoms in total. The Hall–Kier alpha value is -1.06. The first-order valence-corrected chi connectivity index (χ1v) is 7.10. The van der Waals surface area contributed by atoms with E-state index in [9.17, 15) is 9.59 Å². The first-order chi connectivity index (χ1) is 8.67. The number of carbonyl (C=O) groups excluding carboxylic acids is 2. The monoisotopic (exact) mass is 255 g/mol. The van der Waals surface area contributed by atoms with Gasteiger partial charge in [-0.3, -0.25) is 9.59 Å². The molecular weight excluding hydrogens is 230 g/mol. The number of amides is 1. The van der Waals surface area contributed by atoms with Gasteiger partial charge in [-0.2, -0.15) is 0 Å². The molecule has 1 rings (SSSR count). The number of rotatable bonds is 7. The molecule has 0 saturated heterocycles. The van der Waals surface area contributed by atoms with Gasteiger partial charge in [0.2, 0.25) is 5.91 Å². The molecule has 0 atom stereocenters. The first-order valence-electron chi connectivity index (χ1n) is 7.10. The zero-order valence-electron chi connectivity index (χ0n) is 11.6. The molecule has 0 heterocycles. The van der Waals surface area contributed by atoms with Crippen LogP contribution < -0.4 is 0 Å². The summed E-state index contributed by atoms with van der Waals surface area (Å²) in [6.07, 6.45) is 6.26. The second-order valence-electron chi connectivity index (χ2n) is 4.97. The van der Waals surface area contributed by atoms with E-state index in [-0.39, 0.29) is 18.4 Å². The molecule has 4 heteroatoms. The van der Waals surface area contributed by atoms with E-state index in [0.717, 1.165) is 19.3 Å². The van der Waals surface area contributed by atoms with E-state index in [2.05, 4.69) is 0 Å². The van der Waals surface area contributed by atoms with E-state index in [1.165, 1.54) is 12.8 Å². The van der Waals surface area contributed by atoms with Crippen LogP contribution >= 0.6 is 0 Å². The van der Waals surface area contributed by atoms with Crippen LogP contribution in [-0.2, 0) is 14.3 Å². The number of nitrogens with zero attached hydrogens (tertiary/aromatic N) is 1. The molecule has 18 heavy (non-hydrogen) atoms. The van der Waals surface area contributed by atoms with Gasteiger partial charge in [0.05, 0.1) is 6.61 Å². The van der Waals surface area contributed by atoms with Gasteiger partial charge in [0.15, 0.2) is 0 Å². The molecule has 0 N–H and O–H groups in total. The largest absolute Gasteiger partial charge is 0.465 e. The highest BCUT2D eigenvalue weighted by molar-refractivity contribution is 5.82. The summed E-state index contributed by atoms with van der Waals surface area (Å²) < 4.78 is 4.91. The van der Waals surface area contributed by atoms with E-state index in [4.69, 9.17) is 4.74 Å². The lowest BCUT2D eigenvalue weighted by Gasteiger charge is -2.22. The zero-order valence-corrected chi connectivity index (χ0v) is 11.6. The van der Waals surface area contributed by atoms with Crippen molar-refractivity contribution in [1.29, 1.82) is 0 Å². The number of hydrogen-bond acceptors (Lipinski definition) is 3. The number of esters is 1. The van der Waals surface area contributed by atoms with Gasteiger partial charge in [-0.1, -0.05) is 19.8 Å². The van der Waals surface area contributed by atoms with Crippen LogP contribution in [0.15, 0.2) is 0 Å². The Bertz CT molecular complexity index is 272. The summed E-state index contributed by atoms with van der Waals surface area (Å²) >= 11 is 0. The molecule has 0 aromatic heterocycles. The molecule has 0 aliphatic heterocycles. The average Bonchev–Trinajstić information content (AvgIpc) is 2.81. The molecule has 1 amide bonds. The van der Waals surface area contributed by atoms with Gasteiger partial charge in [-0.25, -0.2) is 0 Å². The van der Waals surface area contributed by atoms with Crippen molar-refractivity contribution in [2.45, 2.75) is 52.4 Å². The Labute approximate surface area is 110 Å². The number of carbonyl (C=O) groups is 2. The van der Waals surface area contributed by atoms with Gasteiger partial charge < -0.3 is 9.64 Å². The second-order valence-corrected chi connectivity index (χ2v) is 4.97. The van der Waals surface area contributed by atoms with Crippen molar-refractivity contribution in [3.8, 4) is 0 Å². The molecule has 0 radical (unpaired) electrons. The third-order valence-electron chi connectivity index (χ3n) is 3.41. The van der Waals surface area contributed by atoms with Crippen LogP contribution in [0.5, 0.6) is 0 Å². The Morgan fingerprint density at radius 2 is 1.89 bits per heavy atom. The molecule has 0 bridgehead atoms. The van der Waals surface area contributed by atoms with E-state index in [0.29, 0.717) is 25.5 Å². The van der Waals surface area contributed by atoms with Gasteiger partial charge >= 0.3 is 5.97 Å². The van der Waals surface area contributed by atoms with Crippen molar-refractivity contribution in [3.63, 3.8) is 0 Å². The maximum Gasteiger partial charge on any atom is 0.325 e. The summed E-state index contributed by atoms with van der Waals surface area (Å²) in [7, 11) is 0. The van der Waals surface area contributed by atoms with Crippen molar-refractivity contribution in [2.75, 3.05) is 19.7 Å². The van der Waals surface area contributed by atoms with Crippen molar-refractivity contribution < 1.29 is 14.3 Å². The molecule has 0 aromatic carbocycles. The van der Waals surface area contributed by atoms with Crippen molar-refractivity contribution in [3.05, 3.63) is 0 Å². The molecule has 1 fully saturated rings. The van der Waals surface area contributed by atoms with Crippen LogP contribution in [0, 0.1) is 5.92 Å². The van der Waals surface area contributed by atoms with E-state index in [1.807, 2.05) is 6.92 Å². The fraction of sp³-hybridized carbons (Fsp3) is 0.857. The second kappa shape index (κ2) is 8.11. The highest BCUT2D eigenvalue weighted by Crippen LogP contribution is 2.28. The van der Waals surface area contributed by atoms with E-state index < -0.39 is 0 Å². The van der Waals surface area contributed by atoms with Crippen LogP contribution in [0.4, 0.5) is 0 Å². The third kappa shape index (κ3) is 5.07. The standard InChI is InChI=1S/C14H25NO3/c1-3-9-15(11-14(17)18-4-2)13(16)10-12-7-5-6-8-12/h12H,3-11H2,1-2H3. The quantitative estimate of drug-likeness (QED) is 0.656. The van der Waals surface area contributed by atoms with Crippen LogP contribution in [-0.4, -0.2) is 36.5 Å². The topological polar surface area (TPSA) is 46.6 Å². The van der Waals surface area contributed by atoms with Gasteiger partial charge in [-0.05, 0) is 32.1 Å². The van der Waals surface area contributed by atoms with Crippen molar-refractivity contribution >= 4 is 11.9 Å². The lowest BCUT2D eigenvalue weighted by molar-refractivity contribution is -0.149. The minimum absolute atomic E-state index is 0.104. The summed E-state index contributed by atoms with van der Waals surface area (Å²) in [6, 6.07) is 0. The Balaban J connectivity index is 2.43. The molecular formula is C14H25NO3. The number of ether oxygens (including phenoxy) is 1. The van der Waals surface area contributed by atoms with E-state index >= 15 is 0 Å². The average molecular weight is 255 g/mol. The fourth-order valence-corrected chi connectivity index (χ4v) is 2.51. The fourth-order valence-electron chi connectivity index (χ4n) is 2.51. The maximum absolute atomic E-state index is 12.1. The number of hydrogen-bond donors (Lipinski definition) is 0. The van der Waals surface area contributed by atoms with Crippen LogP contribution in [0.1, 0.15) is 52.4 Å².